The highest BCUT2D eigenvalue weighted by molar-refractivity contribution is 7.12. The lowest BCUT2D eigenvalue weighted by atomic mass is 10.1. The zero-order valence-corrected chi connectivity index (χ0v) is 17.4. The van der Waals surface area contributed by atoms with Crippen molar-refractivity contribution in [3.8, 4) is 11.3 Å². The van der Waals surface area contributed by atoms with E-state index in [-0.39, 0.29) is 11.4 Å². The van der Waals surface area contributed by atoms with Crippen molar-refractivity contribution in [3.63, 3.8) is 0 Å². The van der Waals surface area contributed by atoms with Gasteiger partial charge in [0.05, 0.1) is 22.1 Å². The van der Waals surface area contributed by atoms with Gasteiger partial charge in [0.1, 0.15) is 5.82 Å². The topological polar surface area (TPSA) is 68.3 Å². The van der Waals surface area contributed by atoms with Crippen molar-refractivity contribution >= 4 is 40.5 Å². The van der Waals surface area contributed by atoms with Crippen LogP contribution in [0, 0.1) is 19.7 Å². The summed E-state index contributed by atoms with van der Waals surface area (Å²) in [5.41, 5.74) is 3.12. The first kappa shape index (κ1) is 21.0. The van der Waals surface area contributed by atoms with Crippen LogP contribution >= 0.6 is 22.9 Å². The Balaban J connectivity index is 1.59. The number of carbonyl (C=O) groups is 2. The molecule has 0 aliphatic rings. The minimum Gasteiger partial charge on any atom is -0.455 e. The van der Waals surface area contributed by atoms with Crippen LogP contribution in [-0.2, 0) is 20.7 Å². The van der Waals surface area contributed by atoms with Crippen LogP contribution in [0.1, 0.15) is 15.4 Å². The molecule has 2 aromatic carbocycles. The van der Waals surface area contributed by atoms with Gasteiger partial charge < -0.3 is 10.1 Å². The molecule has 1 amide bonds. The van der Waals surface area contributed by atoms with E-state index in [1.54, 1.807) is 0 Å². The molecule has 0 unspecified atom stereocenters. The van der Waals surface area contributed by atoms with E-state index in [4.69, 9.17) is 16.3 Å². The summed E-state index contributed by atoms with van der Waals surface area (Å²) in [6.45, 7) is 3.42. The average Bonchev–Trinajstić information content (AvgIpc) is 3.04. The summed E-state index contributed by atoms with van der Waals surface area (Å²) in [6.07, 6.45) is 0.0182. The third kappa shape index (κ3) is 5.62. The number of nitrogens with one attached hydrogen (secondary N) is 1. The van der Waals surface area contributed by atoms with Crippen molar-refractivity contribution in [2.75, 3.05) is 11.9 Å². The number of anilines is 1. The van der Waals surface area contributed by atoms with Gasteiger partial charge in [-0.3, -0.25) is 9.59 Å². The SMILES string of the molecule is Cc1ccc(-c2nc(C)sc2CC(=O)OCC(=O)Nc2ccc(F)c(Cl)c2)cc1. The van der Waals surface area contributed by atoms with Gasteiger partial charge in [-0.2, -0.15) is 0 Å². The molecule has 150 valence electrons. The second kappa shape index (κ2) is 9.15. The van der Waals surface area contributed by atoms with Gasteiger partial charge in [-0.15, -0.1) is 11.3 Å². The second-order valence-electron chi connectivity index (χ2n) is 6.39. The van der Waals surface area contributed by atoms with Crippen molar-refractivity contribution < 1.29 is 18.7 Å². The molecule has 0 aliphatic carbocycles. The summed E-state index contributed by atoms with van der Waals surface area (Å²) in [5.74, 6) is -1.66. The number of hydrogen-bond donors (Lipinski definition) is 1. The Morgan fingerprint density at radius 3 is 2.59 bits per heavy atom. The number of amides is 1. The van der Waals surface area contributed by atoms with Gasteiger partial charge in [0.2, 0.25) is 0 Å². The van der Waals surface area contributed by atoms with Crippen LogP contribution in [0.15, 0.2) is 42.5 Å². The van der Waals surface area contributed by atoms with Crippen LogP contribution in [0.25, 0.3) is 11.3 Å². The summed E-state index contributed by atoms with van der Waals surface area (Å²) in [6, 6.07) is 11.7. The van der Waals surface area contributed by atoms with E-state index in [0.29, 0.717) is 5.69 Å². The molecule has 3 aromatic rings. The van der Waals surface area contributed by atoms with Gasteiger partial charge in [0, 0.05) is 16.1 Å². The summed E-state index contributed by atoms with van der Waals surface area (Å²) >= 11 is 7.09. The van der Waals surface area contributed by atoms with Crippen molar-refractivity contribution in [2.45, 2.75) is 20.3 Å². The fourth-order valence-electron chi connectivity index (χ4n) is 2.63. The monoisotopic (exact) mass is 432 g/mol. The van der Waals surface area contributed by atoms with Gasteiger partial charge in [-0.25, -0.2) is 9.37 Å². The van der Waals surface area contributed by atoms with Crippen LogP contribution < -0.4 is 5.32 Å². The fourth-order valence-corrected chi connectivity index (χ4v) is 3.75. The minimum absolute atomic E-state index is 0.0182. The molecule has 0 spiro atoms. The number of aromatic nitrogens is 1. The number of carbonyl (C=O) groups excluding carboxylic acids is 2. The first-order valence-corrected chi connectivity index (χ1v) is 9.95. The molecular formula is C21H18ClFN2O3S. The average molecular weight is 433 g/mol. The number of rotatable bonds is 6. The lowest BCUT2D eigenvalue weighted by molar-refractivity contribution is -0.146. The van der Waals surface area contributed by atoms with E-state index in [9.17, 15) is 14.0 Å². The molecule has 1 heterocycles. The molecule has 0 atom stereocenters. The minimum atomic E-state index is -0.583. The molecule has 0 fully saturated rings. The molecule has 5 nitrogen and oxygen atoms in total. The fraction of sp³-hybridized carbons (Fsp3) is 0.190. The van der Waals surface area contributed by atoms with E-state index in [1.807, 2.05) is 38.1 Å². The summed E-state index contributed by atoms with van der Waals surface area (Å²) in [7, 11) is 0. The molecule has 0 radical (unpaired) electrons. The summed E-state index contributed by atoms with van der Waals surface area (Å²) in [4.78, 5) is 29.5. The number of benzene rings is 2. The van der Waals surface area contributed by atoms with Crippen LogP contribution in [-0.4, -0.2) is 23.5 Å². The first-order chi connectivity index (χ1) is 13.8. The van der Waals surface area contributed by atoms with E-state index in [1.165, 1.54) is 23.5 Å². The normalized spacial score (nSPS) is 10.6. The zero-order chi connectivity index (χ0) is 21.0. The van der Waals surface area contributed by atoms with Gasteiger partial charge in [0.25, 0.3) is 5.91 Å². The molecule has 29 heavy (non-hydrogen) atoms. The molecule has 0 saturated heterocycles. The van der Waals surface area contributed by atoms with Gasteiger partial charge in [-0.05, 0) is 32.0 Å². The van der Waals surface area contributed by atoms with Gasteiger partial charge in [0.15, 0.2) is 6.61 Å². The second-order valence-corrected chi connectivity index (χ2v) is 8.08. The van der Waals surface area contributed by atoms with E-state index < -0.39 is 24.3 Å². The Bertz CT molecular complexity index is 1050. The van der Waals surface area contributed by atoms with Crippen LogP contribution in [0.4, 0.5) is 10.1 Å². The number of esters is 1. The van der Waals surface area contributed by atoms with E-state index in [0.717, 1.165) is 32.8 Å². The Kier molecular flexibility index (Phi) is 6.61. The van der Waals surface area contributed by atoms with Crippen molar-refractivity contribution in [2.24, 2.45) is 0 Å². The lowest BCUT2D eigenvalue weighted by Crippen LogP contribution is -2.21. The third-order valence-corrected chi connectivity index (χ3v) is 5.26. The maximum atomic E-state index is 13.2. The van der Waals surface area contributed by atoms with Gasteiger partial charge >= 0.3 is 5.97 Å². The van der Waals surface area contributed by atoms with Crippen LogP contribution in [0.5, 0.6) is 0 Å². The Hall–Kier alpha value is -2.77. The summed E-state index contributed by atoms with van der Waals surface area (Å²) in [5, 5.41) is 3.23. The lowest BCUT2D eigenvalue weighted by Gasteiger charge is -2.07. The molecular weight excluding hydrogens is 415 g/mol. The molecule has 0 saturated carbocycles. The molecule has 0 aliphatic heterocycles. The van der Waals surface area contributed by atoms with Crippen LogP contribution in [0.2, 0.25) is 5.02 Å². The van der Waals surface area contributed by atoms with Crippen LogP contribution in [0.3, 0.4) is 0 Å². The third-order valence-electron chi connectivity index (χ3n) is 4.00. The molecule has 8 heteroatoms. The molecule has 1 N–H and O–H groups in total. The molecule has 3 rings (SSSR count). The van der Waals surface area contributed by atoms with Gasteiger partial charge in [-0.1, -0.05) is 41.4 Å². The highest BCUT2D eigenvalue weighted by Crippen LogP contribution is 2.29. The highest BCUT2D eigenvalue weighted by Gasteiger charge is 2.17. The molecule has 0 bridgehead atoms. The zero-order valence-electron chi connectivity index (χ0n) is 15.8. The largest absolute Gasteiger partial charge is 0.455 e. The number of aryl methyl sites for hydroxylation is 2. The number of hydrogen-bond acceptors (Lipinski definition) is 5. The standard InChI is InChI=1S/C21H18ClFN2O3S/c1-12-3-5-14(6-4-12)21-18(29-13(2)24-21)10-20(27)28-11-19(26)25-15-7-8-17(23)16(22)9-15/h3-9H,10-11H2,1-2H3,(H,25,26). The van der Waals surface area contributed by atoms with Crippen molar-refractivity contribution in [1.29, 1.82) is 0 Å². The Labute approximate surface area is 176 Å². The molecule has 1 aromatic heterocycles. The smallest absolute Gasteiger partial charge is 0.311 e. The maximum absolute atomic E-state index is 13.2. The predicted octanol–water partition coefficient (Wildman–Crippen LogP) is 4.94. The van der Waals surface area contributed by atoms with Crippen molar-refractivity contribution in [3.05, 3.63) is 68.8 Å². The number of halogens is 2. The summed E-state index contributed by atoms with van der Waals surface area (Å²) < 4.78 is 18.2. The Morgan fingerprint density at radius 1 is 1.17 bits per heavy atom. The van der Waals surface area contributed by atoms with E-state index in [2.05, 4.69) is 10.3 Å². The first-order valence-electron chi connectivity index (χ1n) is 8.75. The highest BCUT2D eigenvalue weighted by atomic mass is 35.5. The van der Waals surface area contributed by atoms with Crippen molar-refractivity contribution in [1.82, 2.24) is 4.98 Å². The predicted molar refractivity (Wildman–Crippen MR) is 112 cm³/mol. The number of thiazole rings is 1. The number of ether oxygens (including phenoxy) is 1. The Morgan fingerprint density at radius 2 is 1.90 bits per heavy atom. The quantitative estimate of drug-likeness (QED) is 0.560. The number of nitrogens with zero attached hydrogens (tertiary/aromatic N) is 1. The maximum Gasteiger partial charge on any atom is 0.311 e. The van der Waals surface area contributed by atoms with E-state index >= 15 is 0 Å².